The van der Waals surface area contributed by atoms with E-state index in [9.17, 15) is 5.26 Å². The average molecular weight is 275 g/mol. The predicted molar refractivity (Wildman–Crippen MR) is 75.4 cm³/mol. The third-order valence-electron chi connectivity index (χ3n) is 2.62. The van der Waals surface area contributed by atoms with Gasteiger partial charge in [-0.3, -0.25) is 0 Å². The zero-order valence-electron chi connectivity index (χ0n) is 9.74. The molecule has 92 valence electrons. The molecule has 2 aromatic rings. The van der Waals surface area contributed by atoms with Gasteiger partial charge in [-0.2, -0.15) is 5.26 Å². The third kappa shape index (κ3) is 3.10. The van der Waals surface area contributed by atoms with Crippen molar-refractivity contribution in [2.24, 2.45) is 5.73 Å². The van der Waals surface area contributed by atoms with E-state index in [-0.39, 0.29) is 0 Å². The first-order chi connectivity index (χ1) is 8.74. The lowest BCUT2D eigenvalue weighted by Crippen LogP contribution is -2.35. The van der Waals surface area contributed by atoms with Crippen LogP contribution in [0.25, 0.3) is 0 Å². The smallest absolute Gasteiger partial charge is 0.149 e. The van der Waals surface area contributed by atoms with Gasteiger partial charge in [-0.15, -0.1) is 11.3 Å². The van der Waals surface area contributed by atoms with E-state index in [0.717, 1.165) is 15.7 Å². The van der Waals surface area contributed by atoms with Crippen LogP contribution in [0.5, 0.6) is 0 Å². The Morgan fingerprint density at radius 1 is 1.39 bits per heavy atom. The molecule has 0 radical (unpaired) electrons. The first-order valence-corrected chi connectivity index (χ1v) is 7.39. The van der Waals surface area contributed by atoms with Gasteiger partial charge in [0.1, 0.15) is 9.88 Å². The quantitative estimate of drug-likeness (QED) is 0.852. The molecule has 0 amide bonds. The van der Waals surface area contributed by atoms with E-state index in [1.807, 2.05) is 35.7 Å². The molecule has 1 heterocycles. The molecule has 0 fully saturated rings. The fraction of sp³-hybridized carbons (Fsp3) is 0.231. The van der Waals surface area contributed by atoms with E-state index in [1.54, 1.807) is 29.3 Å². The van der Waals surface area contributed by atoms with Gasteiger partial charge in [-0.1, -0.05) is 42.1 Å². The summed E-state index contributed by atoms with van der Waals surface area (Å²) in [7, 11) is 0. The Bertz CT molecular complexity index is 519. The molecular weight excluding hydrogens is 262 g/mol. The van der Waals surface area contributed by atoms with Crippen molar-refractivity contribution in [1.82, 2.24) is 4.98 Å². The topological polar surface area (TPSA) is 62.7 Å². The monoisotopic (exact) mass is 275 g/mol. The molecule has 18 heavy (non-hydrogen) atoms. The van der Waals surface area contributed by atoms with Crippen LogP contribution in [-0.4, -0.2) is 10.7 Å². The zero-order valence-corrected chi connectivity index (χ0v) is 11.4. The van der Waals surface area contributed by atoms with Gasteiger partial charge in [0.05, 0.1) is 6.07 Å². The van der Waals surface area contributed by atoms with Crippen molar-refractivity contribution < 1.29 is 0 Å². The molecule has 1 unspecified atom stereocenters. The number of nitrogens with two attached hydrogens (primary N) is 1. The van der Waals surface area contributed by atoms with Gasteiger partial charge in [-0.05, 0) is 12.0 Å². The van der Waals surface area contributed by atoms with Gasteiger partial charge in [0.25, 0.3) is 0 Å². The second kappa shape index (κ2) is 6.01. The average Bonchev–Trinajstić information content (AvgIpc) is 2.93. The summed E-state index contributed by atoms with van der Waals surface area (Å²) in [6.45, 7) is 0. The van der Waals surface area contributed by atoms with Crippen LogP contribution in [0.1, 0.15) is 12.0 Å². The molecule has 5 heteroatoms. The molecule has 0 saturated carbocycles. The minimum absolute atomic E-state index is 0.609. The number of aromatic nitrogens is 1. The van der Waals surface area contributed by atoms with Crippen LogP contribution in [0.15, 0.2) is 46.2 Å². The van der Waals surface area contributed by atoms with E-state index < -0.39 is 5.54 Å². The van der Waals surface area contributed by atoms with Crippen molar-refractivity contribution in [2.45, 2.75) is 16.3 Å². The molecule has 3 nitrogen and oxygen atoms in total. The minimum atomic E-state index is -0.911. The van der Waals surface area contributed by atoms with Crippen LogP contribution in [0.3, 0.4) is 0 Å². The minimum Gasteiger partial charge on any atom is -0.310 e. The maximum Gasteiger partial charge on any atom is 0.149 e. The maximum atomic E-state index is 9.30. The molecule has 1 aromatic carbocycles. The van der Waals surface area contributed by atoms with Gasteiger partial charge in [0.2, 0.25) is 0 Å². The Morgan fingerprint density at radius 2 is 2.17 bits per heavy atom. The van der Waals surface area contributed by atoms with Crippen molar-refractivity contribution in [3.05, 3.63) is 47.5 Å². The normalized spacial score (nSPS) is 13.8. The van der Waals surface area contributed by atoms with E-state index in [1.165, 1.54) is 0 Å². The number of nitriles is 1. The van der Waals surface area contributed by atoms with E-state index in [4.69, 9.17) is 5.73 Å². The van der Waals surface area contributed by atoms with E-state index in [0.29, 0.717) is 6.42 Å². The van der Waals surface area contributed by atoms with Crippen LogP contribution in [0, 0.1) is 11.3 Å². The molecule has 0 saturated heterocycles. The highest BCUT2D eigenvalue weighted by atomic mass is 32.2. The lowest BCUT2D eigenvalue weighted by Gasteiger charge is -2.21. The van der Waals surface area contributed by atoms with Gasteiger partial charge >= 0.3 is 0 Å². The van der Waals surface area contributed by atoms with E-state index in [2.05, 4.69) is 11.1 Å². The van der Waals surface area contributed by atoms with Crippen LogP contribution in [0.4, 0.5) is 0 Å². The van der Waals surface area contributed by atoms with Crippen molar-refractivity contribution >= 4 is 23.1 Å². The summed E-state index contributed by atoms with van der Waals surface area (Å²) < 4.78 is 1.02. The van der Waals surface area contributed by atoms with Crippen LogP contribution in [0.2, 0.25) is 0 Å². The number of benzene rings is 1. The first kappa shape index (κ1) is 13.1. The third-order valence-corrected chi connectivity index (χ3v) is 4.59. The van der Waals surface area contributed by atoms with Gasteiger partial charge in [0, 0.05) is 17.3 Å². The summed E-state index contributed by atoms with van der Waals surface area (Å²) >= 11 is 3.25. The Kier molecular flexibility index (Phi) is 4.37. The van der Waals surface area contributed by atoms with Crippen molar-refractivity contribution in [1.29, 1.82) is 5.26 Å². The fourth-order valence-corrected chi connectivity index (χ4v) is 3.36. The van der Waals surface area contributed by atoms with Gasteiger partial charge in [-0.25, -0.2) is 4.98 Å². The van der Waals surface area contributed by atoms with Crippen LogP contribution < -0.4 is 5.73 Å². The van der Waals surface area contributed by atoms with E-state index >= 15 is 0 Å². The lowest BCUT2D eigenvalue weighted by atomic mass is 9.90. The summed E-state index contributed by atoms with van der Waals surface area (Å²) in [5.41, 5.74) is 6.12. The highest BCUT2D eigenvalue weighted by Crippen LogP contribution is 2.27. The molecular formula is C13H13N3S2. The number of hydrogen-bond acceptors (Lipinski definition) is 5. The van der Waals surface area contributed by atoms with Crippen LogP contribution in [-0.2, 0) is 5.54 Å². The molecule has 0 aliphatic heterocycles. The molecule has 0 aliphatic rings. The molecule has 0 aliphatic carbocycles. The number of thiazole rings is 1. The Morgan fingerprint density at radius 3 is 2.78 bits per heavy atom. The fourth-order valence-electron chi connectivity index (χ4n) is 1.58. The number of rotatable bonds is 5. The standard InChI is InChI=1S/C13H13N3S2/c14-10-13(15,11-4-2-1-3-5-11)6-8-17-12-16-7-9-18-12/h1-5,7,9H,6,8,15H2. The van der Waals surface area contributed by atoms with Gasteiger partial charge < -0.3 is 5.73 Å². The zero-order chi connectivity index (χ0) is 12.8. The highest BCUT2D eigenvalue weighted by molar-refractivity contribution is 8.00. The summed E-state index contributed by atoms with van der Waals surface area (Å²) in [4.78, 5) is 4.19. The molecule has 1 atom stereocenters. The maximum absolute atomic E-state index is 9.30. The summed E-state index contributed by atoms with van der Waals surface area (Å²) in [5, 5.41) is 11.2. The van der Waals surface area contributed by atoms with Crippen molar-refractivity contribution in [3.8, 4) is 6.07 Å². The highest BCUT2D eigenvalue weighted by Gasteiger charge is 2.26. The summed E-state index contributed by atoms with van der Waals surface area (Å²) in [6.07, 6.45) is 2.39. The van der Waals surface area contributed by atoms with Crippen molar-refractivity contribution in [3.63, 3.8) is 0 Å². The molecule has 0 bridgehead atoms. The van der Waals surface area contributed by atoms with Crippen molar-refractivity contribution in [2.75, 3.05) is 5.75 Å². The van der Waals surface area contributed by atoms with Gasteiger partial charge in [0.15, 0.2) is 0 Å². The largest absolute Gasteiger partial charge is 0.310 e. The lowest BCUT2D eigenvalue weighted by molar-refractivity contribution is 0.560. The number of nitrogens with zero attached hydrogens (tertiary/aromatic N) is 2. The summed E-state index contributed by atoms with van der Waals surface area (Å²) in [5.74, 6) is 0.784. The number of thioether (sulfide) groups is 1. The SMILES string of the molecule is N#CC(N)(CCSc1nccs1)c1ccccc1. The predicted octanol–water partition coefficient (Wildman–Crippen LogP) is 3.00. The van der Waals surface area contributed by atoms with Crippen LogP contribution >= 0.6 is 23.1 Å². The Hall–Kier alpha value is -1.35. The second-order valence-electron chi connectivity index (χ2n) is 3.85. The molecule has 0 spiro atoms. The Labute approximate surface area is 115 Å². The Balaban J connectivity index is 1.99. The molecule has 1 aromatic heterocycles. The molecule has 2 rings (SSSR count). The second-order valence-corrected chi connectivity index (χ2v) is 6.08. The summed E-state index contributed by atoms with van der Waals surface area (Å²) in [6, 6.07) is 11.8. The first-order valence-electron chi connectivity index (χ1n) is 5.52. The number of hydrogen-bond donors (Lipinski definition) is 1. The molecule has 2 N–H and O–H groups in total.